The van der Waals surface area contributed by atoms with Crippen molar-refractivity contribution in [3.8, 4) is 0 Å². The molecule has 0 aromatic carbocycles. The molecule has 1 aliphatic carbocycles. The van der Waals surface area contributed by atoms with Crippen molar-refractivity contribution >= 4 is 5.97 Å². The molecule has 4 fully saturated rings. The van der Waals surface area contributed by atoms with Crippen LogP contribution in [0.2, 0.25) is 0 Å². The molecule has 1 unspecified atom stereocenters. The number of aliphatic hydroxyl groups excluding tert-OH is 7. The molecule has 7 N–H and O–H groups in total. The number of hydrogen-bond donors (Lipinski definition) is 7. The molecule has 3 heterocycles. The van der Waals surface area contributed by atoms with Crippen LogP contribution in [0.1, 0.15) is 51.9 Å². The molecule has 43 heavy (non-hydrogen) atoms. The van der Waals surface area contributed by atoms with Crippen molar-refractivity contribution in [1.29, 1.82) is 0 Å². The number of aliphatic carboxylic acids is 1. The standard InChI is InChI=1S/C27H46O15.Na/c1-12-18(30)20(32)21(33)26(38-12)42-23-14(7-8-37-17(23)11-29)40-27-22(34)24(19(31)16(10-28)41-27)39-15(25(35)36)9-13-5-3-2-4-6-13;/h12-24,26-34H,2-11H2,1H3,(H,35,36);/q;+1/p-1/t12-,14+,15-,16+,17+,18+,19-,20+,21-,22+,23-,24-,26-,27?;/m0./s1. The molecule has 0 radical (unpaired) electrons. The summed E-state index contributed by atoms with van der Waals surface area (Å²) in [5.74, 6) is -1.40. The van der Waals surface area contributed by atoms with Gasteiger partial charge in [-0.1, -0.05) is 32.1 Å². The molecule has 0 aromatic rings. The maximum Gasteiger partial charge on any atom is 1.00 e. The van der Waals surface area contributed by atoms with Gasteiger partial charge in [0.2, 0.25) is 0 Å². The topological polar surface area (TPSA) is 237 Å². The van der Waals surface area contributed by atoms with Gasteiger partial charge in [-0.25, -0.2) is 0 Å². The summed E-state index contributed by atoms with van der Waals surface area (Å²) in [7, 11) is 0. The van der Waals surface area contributed by atoms with Crippen molar-refractivity contribution in [2.45, 2.75) is 138 Å². The van der Waals surface area contributed by atoms with Gasteiger partial charge in [0.05, 0.1) is 37.5 Å². The zero-order valence-corrected chi connectivity index (χ0v) is 26.6. The van der Waals surface area contributed by atoms with Crippen molar-refractivity contribution in [2.75, 3.05) is 19.8 Å². The van der Waals surface area contributed by atoms with Crippen LogP contribution in [0.3, 0.4) is 0 Å². The maximum atomic E-state index is 12.0. The van der Waals surface area contributed by atoms with Crippen molar-refractivity contribution in [1.82, 2.24) is 0 Å². The Kier molecular flexibility index (Phi) is 15.0. The van der Waals surface area contributed by atoms with Gasteiger partial charge in [0.25, 0.3) is 0 Å². The average Bonchev–Trinajstić information content (AvgIpc) is 2.98. The van der Waals surface area contributed by atoms with E-state index in [1.165, 1.54) is 6.92 Å². The van der Waals surface area contributed by atoms with Gasteiger partial charge in [0.1, 0.15) is 54.9 Å². The second-order valence-electron chi connectivity index (χ2n) is 11.7. The molecule has 4 aliphatic rings. The number of carboxylic acids is 1. The van der Waals surface area contributed by atoms with E-state index in [1.807, 2.05) is 0 Å². The summed E-state index contributed by atoms with van der Waals surface area (Å²) >= 11 is 0. The number of hydrogen-bond acceptors (Lipinski definition) is 15. The number of aliphatic hydroxyl groups is 7. The zero-order chi connectivity index (χ0) is 30.6. The SMILES string of the molecule is C[C@@H]1O[C@@H](O[C@@H]2[C@@H](CO)OCC[C@H]2OC2O[C@H](CO)[C@H](O)[C@H](O[C@@H](CC3CCCCC3)C(=O)[O-])[C@H]2O)[C@@H](O)[C@H](O)[C@@H]1O.[Na+]. The van der Waals surface area contributed by atoms with Crippen molar-refractivity contribution < 1.29 is 104 Å². The second kappa shape index (κ2) is 17.2. The van der Waals surface area contributed by atoms with E-state index in [-0.39, 0.29) is 54.9 Å². The summed E-state index contributed by atoms with van der Waals surface area (Å²) in [6.45, 7) is 0.357. The van der Waals surface area contributed by atoms with Crippen LogP contribution >= 0.6 is 0 Å². The third-order valence-corrected chi connectivity index (χ3v) is 8.73. The minimum Gasteiger partial charge on any atom is -0.547 e. The van der Waals surface area contributed by atoms with Crippen LogP contribution in [0.15, 0.2) is 0 Å². The third kappa shape index (κ3) is 9.06. The Labute approximate surface area is 272 Å². The van der Waals surface area contributed by atoms with Gasteiger partial charge in [-0.3, -0.25) is 0 Å². The first-order valence-electron chi connectivity index (χ1n) is 14.8. The molecule has 15 nitrogen and oxygen atoms in total. The van der Waals surface area contributed by atoms with E-state index in [1.54, 1.807) is 0 Å². The van der Waals surface area contributed by atoms with Gasteiger partial charge in [-0.05, 0) is 25.7 Å². The molecule has 3 saturated heterocycles. The molecule has 16 heteroatoms. The Bertz CT molecular complexity index is 849. The summed E-state index contributed by atoms with van der Waals surface area (Å²) in [5.41, 5.74) is 0. The van der Waals surface area contributed by atoms with E-state index in [0.29, 0.717) is 0 Å². The molecule has 4 rings (SSSR count). The molecule has 0 bridgehead atoms. The second-order valence-corrected chi connectivity index (χ2v) is 11.7. The van der Waals surface area contributed by atoms with E-state index in [2.05, 4.69) is 0 Å². The normalized spacial score (nSPS) is 43.5. The number of carbonyl (C=O) groups is 1. The van der Waals surface area contributed by atoms with Gasteiger partial charge >= 0.3 is 29.6 Å². The van der Waals surface area contributed by atoms with Gasteiger partial charge in [0.15, 0.2) is 12.6 Å². The molecule has 0 aromatic heterocycles. The average molecular weight is 633 g/mol. The minimum absolute atomic E-state index is 0. The molecule has 14 atom stereocenters. The minimum atomic E-state index is -1.71. The van der Waals surface area contributed by atoms with E-state index in [4.69, 9.17) is 28.4 Å². The first kappa shape index (κ1) is 37.4. The van der Waals surface area contributed by atoms with Crippen molar-refractivity contribution in [3.05, 3.63) is 0 Å². The first-order chi connectivity index (χ1) is 20.0. The maximum absolute atomic E-state index is 12.0. The summed E-state index contributed by atoms with van der Waals surface area (Å²) < 4.78 is 34.4. The smallest absolute Gasteiger partial charge is 0.547 e. The predicted octanol–water partition coefficient (Wildman–Crippen LogP) is -6.72. The van der Waals surface area contributed by atoms with E-state index >= 15 is 0 Å². The third-order valence-electron chi connectivity index (χ3n) is 8.73. The number of carbonyl (C=O) groups excluding carboxylic acids is 1. The summed E-state index contributed by atoms with van der Waals surface area (Å²) in [5, 5.41) is 84.4. The number of ether oxygens (including phenoxy) is 6. The largest absolute Gasteiger partial charge is 1.00 e. The molecule has 244 valence electrons. The molecular weight excluding hydrogens is 587 g/mol. The van der Waals surface area contributed by atoms with Crippen LogP contribution in [0, 0.1) is 5.92 Å². The Morgan fingerprint density at radius 3 is 2.09 bits per heavy atom. The van der Waals surface area contributed by atoms with E-state index < -0.39 is 105 Å². The fourth-order valence-corrected chi connectivity index (χ4v) is 6.21. The quantitative estimate of drug-likeness (QED) is 0.105. The molecule has 1 saturated carbocycles. The van der Waals surface area contributed by atoms with Gasteiger partial charge < -0.3 is 74.1 Å². The first-order valence-corrected chi connectivity index (χ1v) is 14.8. The number of carboxylic acid groups (broad SMARTS) is 1. The molecule has 3 aliphatic heterocycles. The van der Waals surface area contributed by atoms with E-state index in [9.17, 15) is 45.6 Å². The number of rotatable bonds is 11. The van der Waals surface area contributed by atoms with Gasteiger partial charge in [-0.15, -0.1) is 0 Å². The Morgan fingerprint density at radius 2 is 1.47 bits per heavy atom. The van der Waals surface area contributed by atoms with Crippen LogP contribution in [-0.2, 0) is 33.2 Å². The Morgan fingerprint density at radius 1 is 0.814 bits per heavy atom. The molecule has 0 spiro atoms. The summed E-state index contributed by atoms with van der Waals surface area (Å²) in [4.78, 5) is 12.0. The summed E-state index contributed by atoms with van der Waals surface area (Å²) in [6, 6.07) is 0. The zero-order valence-electron chi connectivity index (χ0n) is 24.6. The summed E-state index contributed by atoms with van der Waals surface area (Å²) in [6.07, 6.45) is -14.1. The monoisotopic (exact) mass is 632 g/mol. The van der Waals surface area contributed by atoms with Gasteiger partial charge in [0, 0.05) is 6.61 Å². The molecule has 0 amide bonds. The fourth-order valence-electron chi connectivity index (χ4n) is 6.21. The van der Waals surface area contributed by atoms with Crippen LogP contribution in [0.4, 0.5) is 0 Å². The fraction of sp³-hybridized carbons (Fsp3) is 0.963. The van der Waals surface area contributed by atoms with Crippen LogP contribution in [0.5, 0.6) is 0 Å². The van der Waals surface area contributed by atoms with Crippen LogP contribution in [-0.4, -0.2) is 147 Å². The molecular formula is C27H45NaO15. The van der Waals surface area contributed by atoms with Gasteiger partial charge in [-0.2, -0.15) is 0 Å². The van der Waals surface area contributed by atoms with Crippen LogP contribution < -0.4 is 34.7 Å². The van der Waals surface area contributed by atoms with Crippen LogP contribution in [0.25, 0.3) is 0 Å². The van der Waals surface area contributed by atoms with E-state index in [0.717, 1.165) is 32.1 Å². The van der Waals surface area contributed by atoms with Crippen molar-refractivity contribution in [2.24, 2.45) is 5.92 Å². The Hall–Kier alpha value is -0.0500. The predicted molar refractivity (Wildman–Crippen MR) is 136 cm³/mol. The van der Waals surface area contributed by atoms with Crippen molar-refractivity contribution in [3.63, 3.8) is 0 Å². The Balaban J connectivity index is 0.00000506.